The highest BCUT2D eigenvalue weighted by molar-refractivity contribution is 9.10. The number of nitrogens with one attached hydrogen (secondary N) is 2. The van der Waals surface area contributed by atoms with Gasteiger partial charge in [-0.1, -0.05) is 40.2 Å². The highest BCUT2D eigenvalue weighted by Crippen LogP contribution is 2.23. The Hall–Kier alpha value is -3.20. The largest absolute Gasteiger partial charge is 0.456 e. The highest BCUT2D eigenvalue weighted by atomic mass is 79.9. The van der Waals surface area contributed by atoms with Crippen molar-refractivity contribution in [2.75, 3.05) is 0 Å². The van der Waals surface area contributed by atoms with E-state index in [2.05, 4.69) is 26.6 Å². The second-order valence-corrected chi connectivity index (χ2v) is 6.63. The van der Waals surface area contributed by atoms with Gasteiger partial charge in [-0.25, -0.2) is 9.59 Å². The summed E-state index contributed by atoms with van der Waals surface area (Å²) in [6.07, 6.45) is 1.46. The van der Waals surface area contributed by atoms with E-state index in [9.17, 15) is 19.7 Å². The van der Waals surface area contributed by atoms with Crippen LogP contribution in [0.2, 0.25) is 0 Å². The molecule has 0 radical (unpaired) electrons. The van der Waals surface area contributed by atoms with Crippen LogP contribution in [0.25, 0.3) is 0 Å². The Kier molecular flexibility index (Phi) is 5.51. The maximum atomic E-state index is 12.3. The minimum absolute atomic E-state index is 0.0210. The standard InChI is InChI=1S/C18H14BrN3O5/c19-13-6-4-11(5-7-13)10-27-17(23)16-9-15(20-18(24)21-16)12-2-1-3-14(8-12)22(25)26/h1-9,15H,10H2,(H2,20,21,24). The number of carbonyl (C=O) groups excluding carboxylic acids is 2. The first-order valence-corrected chi connectivity index (χ1v) is 8.67. The lowest BCUT2D eigenvalue weighted by molar-refractivity contribution is -0.384. The predicted molar refractivity (Wildman–Crippen MR) is 99.5 cm³/mol. The van der Waals surface area contributed by atoms with E-state index in [0.717, 1.165) is 10.0 Å². The van der Waals surface area contributed by atoms with Crippen LogP contribution in [0.4, 0.5) is 10.5 Å². The lowest BCUT2D eigenvalue weighted by atomic mass is 10.0. The van der Waals surface area contributed by atoms with Crippen molar-refractivity contribution in [3.05, 3.63) is 86.0 Å². The maximum absolute atomic E-state index is 12.3. The van der Waals surface area contributed by atoms with Gasteiger partial charge in [0.05, 0.1) is 11.0 Å². The SMILES string of the molecule is O=C1NC(C(=O)OCc2ccc(Br)cc2)=CC(c2cccc([N+](=O)[O-])c2)N1. The molecule has 0 saturated carbocycles. The number of amides is 2. The summed E-state index contributed by atoms with van der Waals surface area (Å²) in [6.45, 7) is 0.0498. The molecule has 9 heteroatoms. The maximum Gasteiger partial charge on any atom is 0.354 e. The van der Waals surface area contributed by atoms with Crippen molar-refractivity contribution in [1.29, 1.82) is 0 Å². The first-order valence-electron chi connectivity index (χ1n) is 7.87. The van der Waals surface area contributed by atoms with Crippen molar-refractivity contribution in [3.8, 4) is 0 Å². The number of carbonyl (C=O) groups is 2. The Morgan fingerprint density at radius 1 is 1.22 bits per heavy atom. The summed E-state index contributed by atoms with van der Waals surface area (Å²) in [5, 5.41) is 15.9. The Labute approximate surface area is 162 Å². The minimum Gasteiger partial charge on any atom is -0.456 e. The summed E-state index contributed by atoms with van der Waals surface area (Å²) in [6, 6.07) is 11.8. The van der Waals surface area contributed by atoms with Crippen LogP contribution in [-0.4, -0.2) is 16.9 Å². The van der Waals surface area contributed by atoms with Crippen LogP contribution in [-0.2, 0) is 16.1 Å². The van der Waals surface area contributed by atoms with E-state index < -0.39 is 23.0 Å². The number of hydrogen-bond acceptors (Lipinski definition) is 5. The van der Waals surface area contributed by atoms with Crippen molar-refractivity contribution in [3.63, 3.8) is 0 Å². The molecule has 138 valence electrons. The van der Waals surface area contributed by atoms with Gasteiger partial charge in [-0.2, -0.15) is 0 Å². The molecule has 2 aromatic carbocycles. The number of ether oxygens (including phenoxy) is 1. The summed E-state index contributed by atoms with van der Waals surface area (Å²) < 4.78 is 6.14. The second kappa shape index (κ2) is 8.00. The van der Waals surface area contributed by atoms with Crippen molar-refractivity contribution in [1.82, 2.24) is 10.6 Å². The van der Waals surface area contributed by atoms with Crippen LogP contribution in [0, 0.1) is 10.1 Å². The van der Waals surface area contributed by atoms with Gasteiger partial charge >= 0.3 is 12.0 Å². The van der Waals surface area contributed by atoms with Crippen molar-refractivity contribution < 1.29 is 19.2 Å². The monoisotopic (exact) mass is 431 g/mol. The molecular formula is C18H14BrN3O5. The molecule has 27 heavy (non-hydrogen) atoms. The number of esters is 1. The van der Waals surface area contributed by atoms with E-state index in [4.69, 9.17) is 4.74 Å². The summed E-state index contributed by atoms with van der Waals surface area (Å²) in [5.74, 6) is -0.691. The van der Waals surface area contributed by atoms with Crippen LogP contribution < -0.4 is 10.6 Å². The molecule has 1 aliphatic rings. The van der Waals surface area contributed by atoms with E-state index in [1.165, 1.54) is 24.3 Å². The third kappa shape index (κ3) is 4.70. The zero-order valence-corrected chi connectivity index (χ0v) is 15.4. The van der Waals surface area contributed by atoms with Gasteiger partial charge in [0.25, 0.3) is 5.69 Å². The van der Waals surface area contributed by atoms with Gasteiger partial charge in [-0.15, -0.1) is 0 Å². The van der Waals surface area contributed by atoms with Gasteiger partial charge in [-0.05, 0) is 29.3 Å². The first kappa shape index (κ1) is 18.6. The number of benzene rings is 2. The number of nitrogens with zero attached hydrogens (tertiary/aromatic N) is 1. The summed E-state index contributed by atoms with van der Waals surface area (Å²) in [4.78, 5) is 34.6. The molecule has 2 amide bonds. The normalized spacial score (nSPS) is 16.0. The summed E-state index contributed by atoms with van der Waals surface area (Å²) in [5.41, 5.74) is 1.15. The zero-order valence-electron chi connectivity index (χ0n) is 13.8. The Morgan fingerprint density at radius 3 is 2.67 bits per heavy atom. The average molecular weight is 432 g/mol. The van der Waals surface area contributed by atoms with Gasteiger partial charge in [0.1, 0.15) is 12.3 Å². The second-order valence-electron chi connectivity index (χ2n) is 5.71. The van der Waals surface area contributed by atoms with E-state index in [0.29, 0.717) is 5.56 Å². The van der Waals surface area contributed by atoms with Gasteiger partial charge < -0.3 is 15.4 Å². The molecule has 2 aromatic rings. The van der Waals surface area contributed by atoms with Gasteiger partial charge in [0, 0.05) is 16.6 Å². The quantitative estimate of drug-likeness (QED) is 0.428. The first-order chi connectivity index (χ1) is 12.9. The van der Waals surface area contributed by atoms with E-state index in [-0.39, 0.29) is 18.0 Å². The molecule has 1 atom stereocenters. The molecule has 1 unspecified atom stereocenters. The third-order valence-electron chi connectivity index (χ3n) is 3.81. The lowest BCUT2D eigenvalue weighted by Gasteiger charge is -2.23. The lowest BCUT2D eigenvalue weighted by Crippen LogP contribution is -2.43. The fourth-order valence-corrected chi connectivity index (χ4v) is 2.75. The van der Waals surface area contributed by atoms with Crippen molar-refractivity contribution >= 4 is 33.6 Å². The van der Waals surface area contributed by atoms with Crippen molar-refractivity contribution in [2.24, 2.45) is 0 Å². The van der Waals surface area contributed by atoms with Gasteiger partial charge in [0.15, 0.2) is 0 Å². The van der Waals surface area contributed by atoms with Crippen LogP contribution in [0.3, 0.4) is 0 Å². The van der Waals surface area contributed by atoms with Gasteiger partial charge in [-0.3, -0.25) is 10.1 Å². The van der Waals surface area contributed by atoms with E-state index in [1.807, 2.05) is 12.1 Å². The fraction of sp³-hybridized carbons (Fsp3) is 0.111. The van der Waals surface area contributed by atoms with Gasteiger partial charge in [0.2, 0.25) is 0 Å². The fourth-order valence-electron chi connectivity index (χ4n) is 2.49. The number of non-ortho nitro benzene ring substituents is 1. The number of hydrogen-bond donors (Lipinski definition) is 2. The van der Waals surface area contributed by atoms with E-state index >= 15 is 0 Å². The van der Waals surface area contributed by atoms with Crippen molar-refractivity contribution in [2.45, 2.75) is 12.6 Å². The summed E-state index contributed by atoms with van der Waals surface area (Å²) >= 11 is 3.32. The molecule has 1 heterocycles. The summed E-state index contributed by atoms with van der Waals surface area (Å²) in [7, 11) is 0. The molecule has 0 fully saturated rings. The molecule has 8 nitrogen and oxygen atoms in total. The Morgan fingerprint density at radius 2 is 1.96 bits per heavy atom. The van der Waals surface area contributed by atoms with Crippen LogP contribution in [0.5, 0.6) is 0 Å². The molecule has 0 bridgehead atoms. The Balaban J connectivity index is 1.74. The zero-order chi connectivity index (χ0) is 19.4. The molecule has 0 aliphatic carbocycles. The number of nitro benzene ring substituents is 1. The smallest absolute Gasteiger partial charge is 0.354 e. The number of rotatable bonds is 5. The topological polar surface area (TPSA) is 111 Å². The molecular weight excluding hydrogens is 418 g/mol. The average Bonchev–Trinajstić information content (AvgIpc) is 2.67. The Bertz CT molecular complexity index is 927. The highest BCUT2D eigenvalue weighted by Gasteiger charge is 2.25. The minimum atomic E-state index is -0.691. The van der Waals surface area contributed by atoms with Crippen LogP contribution in [0.1, 0.15) is 17.2 Å². The molecule has 2 N–H and O–H groups in total. The molecule has 0 saturated heterocycles. The molecule has 0 aromatic heterocycles. The van der Waals surface area contributed by atoms with Crippen LogP contribution in [0.15, 0.2) is 64.8 Å². The predicted octanol–water partition coefficient (Wildman–Crippen LogP) is 3.34. The third-order valence-corrected chi connectivity index (χ3v) is 4.34. The molecule has 1 aliphatic heterocycles. The number of halogens is 1. The number of urea groups is 1. The number of nitro groups is 1. The van der Waals surface area contributed by atoms with E-state index in [1.54, 1.807) is 18.2 Å². The molecule has 0 spiro atoms. The molecule has 3 rings (SSSR count). The van der Waals surface area contributed by atoms with Crippen LogP contribution >= 0.6 is 15.9 Å².